The molecule has 76 valence electrons. The van der Waals surface area contributed by atoms with Crippen LogP contribution in [0.4, 0.5) is 14.5 Å². The van der Waals surface area contributed by atoms with Gasteiger partial charge in [0.1, 0.15) is 5.69 Å². The minimum absolute atomic E-state index is 0.0694. The number of nitrogens with zero attached hydrogens (tertiary/aromatic N) is 1. The van der Waals surface area contributed by atoms with Gasteiger partial charge in [0.25, 0.3) is 11.7 Å². The molecule has 1 aromatic rings. The van der Waals surface area contributed by atoms with Gasteiger partial charge in [0.2, 0.25) is 0 Å². The molecule has 0 aliphatic heterocycles. The van der Waals surface area contributed by atoms with Crippen LogP contribution in [0.15, 0.2) is 6.07 Å². The molecule has 0 saturated carbocycles. The van der Waals surface area contributed by atoms with E-state index in [0.717, 1.165) is 6.07 Å². The van der Waals surface area contributed by atoms with Crippen LogP contribution in [-0.4, -0.2) is 10.2 Å². The zero-order valence-electron chi connectivity index (χ0n) is 6.60. The van der Waals surface area contributed by atoms with Gasteiger partial charge in [0.05, 0.1) is 11.3 Å². The maximum Gasteiger partial charge on any atom is 0.281 e. The number of nitrogen functional groups attached to an aromatic ring is 1. The molecule has 0 saturated heterocycles. The van der Waals surface area contributed by atoms with Gasteiger partial charge >= 0.3 is 0 Å². The van der Waals surface area contributed by atoms with E-state index in [1.54, 1.807) is 0 Å². The minimum Gasteiger partial charge on any atom is -0.396 e. The largest absolute Gasteiger partial charge is 0.396 e. The molecule has 0 radical (unpaired) electrons. The SMILES string of the molecule is Nc1cc(C(=O)Cl)c(C(F)F)nc1Cl. The highest BCUT2D eigenvalue weighted by molar-refractivity contribution is 6.68. The van der Waals surface area contributed by atoms with E-state index >= 15 is 0 Å². The Kier molecular flexibility index (Phi) is 3.23. The first kappa shape index (κ1) is 11.1. The summed E-state index contributed by atoms with van der Waals surface area (Å²) >= 11 is 10.5. The van der Waals surface area contributed by atoms with E-state index in [0.29, 0.717) is 0 Å². The van der Waals surface area contributed by atoms with Gasteiger partial charge in [-0.1, -0.05) is 11.6 Å². The minimum atomic E-state index is -2.93. The zero-order chi connectivity index (χ0) is 10.9. The molecule has 3 nitrogen and oxygen atoms in total. The standard InChI is InChI=1S/C7H4Cl2F2N2O/c8-5-3(12)1-2(6(9)14)4(13-5)7(10)11/h1,7H,12H2. The van der Waals surface area contributed by atoms with Crippen LogP contribution >= 0.6 is 23.2 Å². The lowest BCUT2D eigenvalue weighted by Crippen LogP contribution is -2.04. The van der Waals surface area contributed by atoms with Crippen molar-refractivity contribution in [3.05, 3.63) is 22.5 Å². The van der Waals surface area contributed by atoms with Crippen molar-refractivity contribution in [1.82, 2.24) is 4.98 Å². The van der Waals surface area contributed by atoms with Crippen molar-refractivity contribution in [3.8, 4) is 0 Å². The first-order valence-electron chi connectivity index (χ1n) is 3.37. The van der Waals surface area contributed by atoms with Gasteiger partial charge in [-0.25, -0.2) is 13.8 Å². The highest BCUT2D eigenvalue weighted by Crippen LogP contribution is 2.27. The monoisotopic (exact) mass is 240 g/mol. The molecule has 0 spiro atoms. The second-order valence-electron chi connectivity index (χ2n) is 2.38. The van der Waals surface area contributed by atoms with E-state index in [2.05, 4.69) is 4.98 Å². The summed E-state index contributed by atoms with van der Waals surface area (Å²) in [5, 5.41) is -1.32. The third-order valence-electron chi connectivity index (χ3n) is 1.45. The summed E-state index contributed by atoms with van der Waals surface area (Å²) in [6.07, 6.45) is -2.93. The van der Waals surface area contributed by atoms with Crippen LogP contribution in [0.1, 0.15) is 22.5 Å². The van der Waals surface area contributed by atoms with Crippen LogP contribution in [-0.2, 0) is 0 Å². The molecule has 14 heavy (non-hydrogen) atoms. The molecule has 1 heterocycles. The Morgan fingerprint density at radius 1 is 1.57 bits per heavy atom. The first-order chi connectivity index (χ1) is 6.43. The molecule has 0 amide bonds. The van der Waals surface area contributed by atoms with Gasteiger partial charge in [-0.3, -0.25) is 4.79 Å². The molecular weight excluding hydrogens is 237 g/mol. The Hall–Kier alpha value is -0.940. The lowest BCUT2D eigenvalue weighted by Gasteiger charge is -2.06. The van der Waals surface area contributed by atoms with Crippen molar-refractivity contribution in [2.75, 3.05) is 5.73 Å². The number of carbonyl (C=O) groups is 1. The molecular formula is C7H4Cl2F2N2O. The third-order valence-corrected chi connectivity index (χ3v) is 1.96. The smallest absolute Gasteiger partial charge is 0.281 e. The lowest BCUT2D eigenvalue weighted by atomic mass is 10.2. The van der Waals surface area contributed by atoms with Gasteiger partial charge in [0.15, 0.2) is 5.15 Å². The van der Waals surface area contributed by atoms with Crippen LogP contribution in [0.25, 0.3) is 0 Å². The van der Waals surface area contributed by atoms with E-state index in [9.17, 15) is 13.6 Å². The van der Waals surface area contributed by atoms with E-state index < -0.39 is 22.9 Å². The zero-order valence-corrected chi connectivity index (χ0v) is 8.11. The average molecular weight is 241 g/mol. The molecule has 0 fully saturated rings. The number of rotatable bonds is 2. The summed E-state index contributed by atoms with van der Waals surface area (Å²) in [4.78, 5) is 14.0. The van der Waals surface area contributed by atoms with Crippen LogP contribution in [0.2, 0.25) is 5.15 Å². The third kappa shape index (κ3) is 2.10. The van der Waals surface area contributed by atoms with Crippen molar-refractivity contribution >= 4 is 34.1 Å². The number of alkyl halides is 2. The Bertz CT molecular complexity index is 384. The Morgan fingerprint density at radius 2 is 2.14 bits per heavy atom. The van der Waals surface area contributed by atoms with Crippen LogP contribution < -0.4 is 5.73 Å². The molecule has 0 bridgehead atoms. The molecule has 2 N–H and O–H groups in total. The highest BCUT2D eigenvalue weighted by atomic mass is 35.5. The summed E-state index contributed by atoms with van der Waals surface area (Å²) < 4.78 is 24.7. The van der Waals surface area contributed by atoms with Gasteiger partial charge in [-0.15, -0.1) is 0 Å². The predicted octanol–water partition coefficient (Wildman–Crippen LogP) is 2.63. The highest BCUT2D eigenvalue weighted by Gasteiger charge is 2.20. The number of halogens is 4. The molecule has 7 heteroatoms. The number of nitrogens with two attached hydrogens (primary N) is 1. The predicted molar refractivity (Wildman–Crippen MR) is 48.8 cm³/mol. The molecule has 0 aliphatic rings. The maximum atomic E-state index is 12.3. The van der Waals surface area contributed by atoms with Crippen molar-refractivity contribution in [1.29, 1.82) is 0 Å². The number of aromatic nitrogens is 1. The second kappa shape index (κ2) is 4.06. The summed E-state index contributed by atoms with van der Waals surface area (Å²) in [7, 11) is 0. The van der Waals surface area contributed by atoms with E-state index in [-0.39, 0.29) is 10.8 Å². The fourth-order valence-corrected chi connectivity index (χ4v) is 1.14. The number of hydrogen-bond acceptors (Lipinski definition) is 3. The van der Waals surface area contributed by atoms with E-state index in [1.165, 1.54) is 0 Å². The van der Waals surface area contributed by atoms with Crippen molar-refractivity contribution < 1.29 is 13.6 Å². The number of anilines is 1. The topological polar surface area (TPSA) is 56.0 Å². The summed E-state index contributed by atoms with van der Waals surface area (Å²) in [6, 6.07) is 0.978. The second-order valence-corrected chi connectivity index (χ2v) is 3.08. The maximum absolute atomic E-state index is 12.3. The van der Waals surface area contributed by atoms with E-state index in [1.807, 2.05) is 0 Å². The van der Waals surface area contributed by atoms with Gasteiger partial charge in [0, 0.05) is 0 Å². The Labute approximate surface area is 87.8 Å². The quantitative estimate of drug-likeness (QED) is 0.639. The summed E-state index contributed by atoms with van der Waals surface area (Å²) in [5.74, 6) is 0. The van der Waals surface area contributed by atoms with E-state index in [4.69, 9.17) is 28.9 Å². The molecule has 0 unspecified atom stereocenters. The number of carbonyl (C=O) groups excluding carboxylic acids is 1. The van der Waals surface area contributed by atoms with Crippen molar-refractivity contribution in [3.63, 3.8) is 0 Å². The molecule has 0 aromatic carbocycles. The van der Waals surface area contributed by atoms with Crippen molar-refractivity contribution in [2.24, 2.45) is 0 Å². The van der Waals surface area contributed by atoms with Crippen LogP contribution in [0, 0.1) is 0 Å². The Morgan fingerprint density at radius 3 is 2.57 bits per heavy atom. The summed E-state index contributed by atoms with van der Waals surface area (Å²) in [5.41, 5.74) is 4.02. The Balaban J connectivity index is 3.39. The number of pyridine rings is 1. The molecule has 0 atom stereocenters. The molecule has 0 aliphatic carbocycles. The fraction of sp³-hybridized carbons (Fsp3) is 0.143. The van der Waals surface area contributed by atoms with Gasteiger partial charge in [-0.05, 0) is 17.7 Å². The van der Waals surface area contributed by atoms with Gasteiger partial charge in [-0.2, -0.15) is 0 Å². The van der Waals surface area contributed by atoms with Gasteiger partial charge < -0.3 is 5.73 Å². The lowest BCUT2D eigenvalue weighted by molar-refractivity contribution is 0.106. The first-order valence-corrected chi connectivity index (χ1v) is 4.13. The van der Waals surface area contributed by atoms with Crippen LogP contribution in [0.3, 0.4) is 0 Å². The fourth-order valence-electron chi connectivity index (χ4n) is 0.843. The normalized spacial score (nSPS) is 10.6. The average Bonchev–Trinajstić information content (AvgIpc) is 2.08. The van der Waals surface area contributed by atoms with Crippen LogP contribution in [0.5, 0.6) is 0 Å². The molecule has 1 aromatic heterocycles. The molecule has 1 rings (SSSR count). The summed E-state index contributed by atoms with van der Waals surface area (Å²) in [6.45, 7) is 0. The number of hydrogen-bond donors (Lipinski definition) is 1. The van der Waals surface area contributed by atoms with Crippen molar-refractivity contribution in [2.45, 2.75) is 6.43 Å².